The molecule has 0 saturated carbocycles. The molecule has 1 amide bonds. The van der Waals surface area contributed by atoms with Crippen LogP contribution in [0.4, 0.5) is 0 Å². The van der Waals surface area contributed by atoms with Crippen LogP contribution in [0.3, 0.4) is 0 Å². The summed E-state index contributed by atoms with van der Waals surface area (Å²) in [6.45, 7) is 4.93. The lowest BCUT2D eigenvalue weighted by Gasteiger charge is -2.20. The molecule has 0 aromatic heterocycles. The Hall–Kier alpha value is -1.92. The average molecular weight is 1100 g/mol. The molecule has 6 heteroatoms. The van der Waals surface area contributed by atoms with Crippen molar-refractivity contribution in [2.45, 2.75) is 398 Å². The Morgan fingerprint density at radius 2 is 0.641 bits per heavy atom. The summed E-state index contributed by atoms with van der Waals surface area (Å²) in [6.07, 6.45) is 86.5. The van der Waals surface area contributed by atoms with Gasteiger partial charge in [0.1, 0.15) is 0 Å². The molecule has 0 radical (unpaired) electrons. The number of allylic oxidation sites excluding steroid dienone is 5. The molecular formula is C72H137NO5. The molecule has 2 atom stereocenters. The summed E-state index contributed by atoms with van der Waals surface area (Å²) in [6, 6.07) is -0.629. The van der Waals surface area contributed by atoms with Gasteiger partial charge in [0.05, 0.1) is 25.4 Å². The molecule has 0 fully saturated rings. The van der Waals surface area contributed by atoms with Crippen LogP contribution in [0.2, 0.25) is 0 Å². The van der Waals surface area contributed by atoms with Crippen molar-refractivity contribution in [2.24, 2.45) is 0 Å². The maximum absolute atomic E-state index is 12.5. The molecule has 0 aliphatic rings. The molecule has 0 bridgehead atoms. The normalized spacial score (nSPS) is 12.7. The Kier molecular flexibility index (Phi) is 65.9. The monoisotopic (exact) mass is 1100 g/mol. The van der Waals surface area contributed by atoms with Gasteiger partial charge in [0.25, 0.3) is 0 Å². The van der Waals surface area contributed by atoms with Crippen molar-refractivity contribution in [3.63, 3.8) is 0 Å². The minimum atomic E-state index is -0.846. The van der Waals surface area contributed by atoms with E-state index in [1.54, 1.807) is 6.08 Å². The standard InChI is InChI=1S/C72H137NO5/c1-3-5-7-9-11-13-15-17-19-20-34-37-40-44-48-52-56-60-64-70(75)69(68-74)73-71(76)65-61-57-53-49-45-41-38-35-32-30-28-26-24-22-21-23-25-27-29-31-33-36-39-43-47-51-55-59-63-67-78-72(77)66-62-58-54-50-46-42-18-16-14-12-10-8-6-4-2/h21,23,27,29,60,64,69-70,74-75H,3-20,22,24-26,28,30-59,61-63,65-68H2,1-2H3,(H,73,76)/b23-21-,29-27-,64-60+. The van der Waals surface area contributed by atoms with E-state index >= 15 is 0 Å². The van der Waals surface area contributed by atoms with Gasteiger partial charge in [0.2, 0.25) is 5.91 Å². The van der Waals surface area contributed by atoms with Crippen molar-refractivity contribution in [1.82, 2.24) is 5.32 Å². The fourth-order valence-corrected chi connectivity index (χ4v) is 11.0. The van der Waals surface area contributed by atoms with Crippen molar-refractivity contribution in [1.29, 1.82) is 0 Å². The van der Waals surface area contributed by atoms with Crippen molar-refractivity contribution < 1.29 is 24.5 Å². The van der Waals surface area contributed by atoms with Gasteiger partial charge in [-0.1, -0.05) is 346 Å². The summed E-state index contributed by atoms with van der Waals surface area (Å²) in [5, 5.41) is 23.2. The second-order valence-corrected chi connectivity index (χ2v) is 24.2. The molecule has 0 aliphatic heterocycles. The summed E-state index contributed by atoms with van der Waals surface area (Å²) >= 11 is 0. The second-order valence-electron chi connectivity index (χ2n) is 24.2. The molecule has 460 valence electrons. The Balaban J connectivity index is 3.42. The molecular weight excluding hydrogens is 959 g/mol. The first-order chi connectivity index (χ1) is 38.5. The minimum absolute atomic E-state index is 0.0143. The van der Waals surface area contributed by atoms with Crippen LogP contribution in [-0.2, 0) is 14.3 Å². The summed E-state index contributed by atoms with van der Waals surface area (Å²) in [5.41, 5.74) is 0. The van der Waals surface area contributed by atoms with Gasteiger partial charge in [0, 0.05) is 12.8 Å². The van der Waals surface area contributed by atoms with E-state index in [2.05, 4.69) is 43.5 Å². The number of esters is 1. The van der Waals surface area contributed by atoms with Crippen LogP contribution >= 0.6 is 0 Å². The quantitative estimate of drug-likeness (QED) is 0.0320. The highest BCUT2D eigenvalue weighted by molar-refractivity contribution is 5.76. The number of carbonyl (C=O) groups is 2. The van der Waals surface area contributed by atoms with Crippen molar-refractivity contribution in [2.75, 3.05) is 13.2 Å². The molecule has 0 aliphatic carbocycles. The van der Waals surface area contributed by atoms with E-state index in [9.17, 15) is 19.8 Å². The van der Waals surface area contributed by atoms with Gasteiger partial charge in [-0.25, -0.2) is 0 Å². The molecule has 0 aromatic rings. The number of aliphatic hydroxyl groups excluding tert-OH is 2. The zero-order chi connectivity index (χ0) is 56.4. The summed E-state index contributed by atoms with van der Waals surface area (Å²) in [7, 11) is 0. The number of hydrogen-bond donors (Lipinski definition) is 3. The molecule has 0 rings (SSSR count). The van der Waals surface area contributed by atoms with Crippen LogP contribution in [-0.4, -0.2) is 47.4 Å². The first-order valence-electron chi connectivity index (χ1n) is 35.3. The maximum Gasteiger partial charge on any atom is 0.305 e. The third kappa shape index (κ3) is 63.3. The van der Waals surface area contributed by atoms with E-state index in [0.29, 0.717) is 19.4 Å². The highest BCUT2D eigenvalue weighted by Gasteiger charge is 2.18. The zero-order valence-corrected chi connectivity index (χ0v) is 52.7. The number of nitrogens with one attached hydrogen (secondary N) is 1. The van der Waals surface area contributed by atoms with Crippen LogP contribution < -0.4 is 5.32 Å². The Labute approximate surface area is 487 Å². The SMILES string of the molecule is CCCCCCCCCCCCCCCCCC/C=C/C(O)C(CO)NC(=O)CCCCCCCCCCCCCCC/C=C\C/C=C\CCCCCCCCCCCOC(=O)CCCCCCCCCCCCCCCC. The van der Waals surface area contributed by atoms with Crippen LogP contribution in [0, 0.1) is 0 Å². The van der Waals surface area contributed by atoms with Gasteiger partial charge in [-0.2, -0.15) is 0 Å². The first-order valence-corrected chi connectivity index (χ1v) is 35.3. The number of amides is 1. The lowest BCUT2D eigenvalue weighted by molar-refractivity contribution is -0.143. The summed E-state index contributed by atoms with van der Waals surface area (Å²) in [4.78, 5) is 24.6. The number of rotatable bonds is 66. The van der Waals surface area contributed by atoms with Gasteiger partial charge >= 0.3 is 5.97 Å². The van der Waals surface area contributed by atoms with Crippen molar-refractivity contribution in [3.05, 3.63) is 36.5 Å². The van der Waals surface area contributed by atoms with Gasteiger partial charge in [-0.15, -0.1) is 0 Å². The predicted octanol–water partition coefficient (Wildman–Crippen LogP) is 22.7. The topological polar surface area (TPSA) is 95.9 Å². The van der Waals surface area contributed by atoms with E-state index in [-0.39, 0.29) is 18.5 Å². The molecule has 0 aromatic carbocycles. The molecule has 78 heavy (non-hydrogen) atoms. The Morgan fingerprint density at radius 1 is 0.359 bits per heavy atom. The third-order valence-corrected chi connectivity index (χ3v) is 16.4. The number of carbonyl (C=O) groups excluding carboxylic acids is 2. The Morgan fingerprint density at radius 3 is 0.974 bits per heavy atom. The number of aliphatic hydroxyl groups is 2. The Bertz CT molecular complexity index is 1260. The fourth-order valence-electron chi connectivity index (χ4n) is 11.0. The molecule has 0 spiro atoms. The highest BCUT2D eigenvalue weighted by atomic mass is 16.5. The van der Waals surface area contributed by atoms with Crippen LogP contribution in [0.5, 0.6) is 0 Å². The van der Waals surface area contributed by atoms with Crippen molar-refractivity contribution in [3.8, 4) is 0 Å². The largest absolute Gasteiger partial charge is 0.466 e. The first kappa shape index (κ1) is 76.1. The van der Waals surface area contributed by atoms with Crippen molar-refractivity contribution >= 4 is 11.9 Å². The smallest absolute Gasteiger partial charge is 0.305 e. The summed E-state index contributed by atoms with van der Waals surface area (Å²) < 4.78 is 5.49. The number of unbranched alkanes of at least 4 members (excludes halogenated alkanes) is 51. The molecule has 0 saturated heterocycles. The zero-order valence-electron chi connectivity index (χ0n) is 52.7. The van der Waals surface area contributed by atoms with Gasteiger partial charge < -0.3 is 20.3 Å². The van der Waals surface area contributed by atoms with Crippen LogP contribution in [0.25, 0.3) is 0 Å². The fraction of sp³-hybridized carbons (Fsp3) is 0.889. The third-order valence-electron chi connectivity index (χ3n) is 16.4. The lowest BCUT2D eigenvalue weighted by atomic mass is 10.0. The van der Waals surface area contributed by atoms with Gasteiger partial charge in [-0.3, -0.25) is 9.59 Å². The van der Waals surface area contributed by atoms with E-state index in [0.717, 1.165) is 44.9 Å². The highest BCUT2D eigenvalue weighted by Crippen LogP contribution is 2.18. The maximum atomic E-state index is 12.5. The number of hydrogen-bond acceptors (Lipinski definition) is 5. The van der Waals surface area contributed by atoms with Gasteiger partial charge in [-0.05, 0) is 64.2 Å². The molecule has 6 nitrogen and oxygen atoms in total. The molecule has 2 unspecified atom stereocenters. The number of ether oxygens (including phenoxy) is 1. The summed E-state index contributed by atoms with van der Waals surface area (Å²) in [5.74, 6) is -0.0517. The second kappa shape index (κ2) is 67.6. The lowest BCUT2D eigenvalue weighted by Crippen LogP contribution is -2.45. The van der Waals surface area contributed by atoms with Gasteiger partial charge in [0.15, 0.2) is 0 Å². The molecule has 3 N–H and O–H groups in total. The van der Waals surface area contributed by atoms with E-state index in [1.807, 2.05) is 6.08 Å². The average Bonchev–Trinajstić information content (AvgIpc) is 3.44. The van der Waals surface area contributed by atoms with E-state index in [4.69, 9.17) is 4.74 Å². The van der Waals surface area contributed by atoms with E-state index < -0.39 is 12.1 Å². The van der Waals surface area contributed by atoms with Crippen LogP contribution in [0.15, 0.2) is 36.5 Å². The van der Waals surface area contributed by atoms with Crippen LogP contribution in [0.1, 0.15) is 386 Å². The van der Waals surface area contributed by atoms with E-state index in [1.165, 1.54) is 315 Å². The molecule has 0 heterocycles. The predicted molar refractivity (Wildman–Crippen MR) is 343 cm³/mol. The minimum Gasteiger partial charge on any atom is -0.466 e.